The van der Waals surface area contributed by atoms with E-state index in [0.717, 1.165) is 22.0 Å². The predicted molar refractivity (Wildman–Crippen MR) is 122 cm³/mol. The molecule has 152 valence electrons. The predicted octanol–water partition coefficient (Wildman–Crippen LogP) is 4.66. The Balaban J connectivity index is 1.55. The van der Waals surface area contributed by atoms with E-state index in [1.54, 1.807) is 6.20 Å². The number of anilines is 1. The first-order chi connectivity index (χ1) is 14.6. The van der Waals surface area contributed by atoms with Crippen LogP contribution in [0.3, 0.4) is 0 Å². The largest absolute Gasteiger partial charge is 0.301 e. The molecule has 1 N–H and O–H groups in total. The second-order valence-corrected chi connectivity index (χ2v) is 9.02. The van der Waals surface area contributed by atoms with Crippen molar-refractivity contribution in [3.63, 3.8) is 0 Å². The van der Waals surface area contributed by atoms with E-state index < -0.39 is 0 Å². The van der Waals surface area contributed by atoms with E-state index in [0.29, 0.717) is 16.7 Å². The SMILES string of the molecule is Cc1ccc(-n2c(Cc3ccccc3)nnc2SCC(=O)Nc2ncc(C)s2)cc1. The summed E-state index contributed by atoms with van der Waals surface area (Å²) >= 11 is 2.82. The lowest BCUT2D eigenvalue weighted by Crippen LogP contribution is -2.14. The van der Waals surface area contributed by atoms with Gasteiger partial charge in [-0.05, 0) is 31.5 Å². The number of rotatable bonds is 7. The van der Waals surface area contributed by atoms with Crippen molar-refractivity contribution in [2.24, 2.45) is 0 Å². The molecule has 0 spiro atoms. The van der Waals surface area contributed by atoms with Crippen molar-refractivity contribution in [3.8, 4) is 5.69 Å². The molecule has 2 aromatic heterocycles. The average molecular weight is 436 g/mol. The minimum absolute atomic E-state index is 0.114. The molecule has 0 saturated heterocycles. The number of nitrogens with zero attached hydrogens (tertiary/aromatic N) is 4. The number of aryl methyl sites for hydroxylation is 2. The summed E-state index contributed by atoms with van der Waals surface area (Å²) in [6, 6.07) is 18.4. The monoisotopic (exact) mass is 435 g/mol. The summed E-state index contributed by atoms with van der Waals surface area (Å²) in [7, 11) is 0. The van der Waals surface area contributed by atoms with Gasteiger partial charge in [-0.15, -0.1) is 21.5 Å². The van der Waals surface area contributed by atoms with Crippen LogP contribution in [0.5, 0.6) is 0 Å². The van der Waals surface area contributed by atoms with Gasteiger partial charge in [-0.1, -0.05) is 59.8 Å². The van der Waals surface area contributed by atoms with Gasteiger partial charge >= 0.3 is 0 Å². The van der Waals surface area contributed by atoms with Crippen LogP contribution in [0.4, 0.5) is 5.13 Å². The van der Waals surface area contributed by atoms with E-state index in [1.807, 2.05) is 29.7 Å². The third-order valence-electron chi connectivity index (χ3n) is 4.40. The molecule has 0 atom stereocenters. The zero-order valence-corrected chi connectivity index (χ0v) is 18.3. The van der Waals surface area contributed by atoms with Crippen LogP contribution in [-0.4, -0.2) is 31.4 Å². The molecule has 0 radical (unpaired) electrons. The number of nitrogens with one attached hydrogen (secondary N) is 1. The number of carbonyl (C=O) groups is 1. The molecule has 4 aromatic rings. The van der Waals surface area contributed by atoms with Crippen molar-refractivity contribution in [2.75, 3.05) is 11.1 Å². The lowest BCUT2D eigenvalue weighted by atomic mass is 10.1. The highest BCUT2D eigenvalue weighted by molar-refractivity contribution is 7.99. The molecule has 0 fully saturated rings. The second-order valence-electron chi connectivity index (χ2n) is 6.85. The van der Waals surface area contributed by atoms with Gasteiger partial charge in [0.05, 0.1) is 5.75 Å². The molecule has 8 heteroatoms. The van der Waals surface area contributed by atoms with Crippen LogP contribution in [0.15, 0.2) is 66.0 Å². The maximum Gasteiger partial charge on any atom is 0.236 e. The van der Waals surface area contributed by atoms with Crippen LogP contribution >= 0.6 is 23.1 Å². The Bertz CT molecular complexity index is 1140. The number of carbonyl (C=O) groups excluding carboxylic acids is 1. The summed E-state index contributed by atoms with van der Waals surface area (Å²) in [5, 5.41) is 12.9. The van der Waals surface area contributed by atoms with E-state index in [9.17, 15) is 4.79 Å². The number of thiazole rings is 1. The molecule has 4 rings (SSSR count). The lowest BCUT2D eigenvalue weighted by molar-refractivity contribution is -0.113. The Morgan fingerprint density at radius 2 is 1.83 bits per heavy atom. The molecule has 0 bridgehead atoms. The van der Waals surface area contributed by atoms with Crippen LogP contribution in [0.2, 0.25) is 0 Å². The van der Waals surface area contributed by atoms with Gasteiger partial charge in [-0.3, -0.25) is 9.36 Å². The summed E-state index contributed by atoms with van der Waals surface area (Å²) < 4.78 is 2.03. The van der Waals surface area contributed by atoms with Crippen LogP contribution < -0.4 is 5.32 Å². The highest BCUT2D eigenvalue weighted by Gasteiger charge is 2.17. The Kier molecular flexibility index (Phi) is 6.25. The minimum Gasteiger partial charge on any atom is -0.301 e. The summed E-state index contributed by atoms with van der Waals surface area (Å²) in [4.78, 5) is 17.6. The van der Waals surface area contributed by atoms with Crippen molar-refractivity contribution in [3.05, 3.63) is 82.6 Å². The highest BCUT2D eigenvalue weighted by Crippen LogP contribution is 2.24. The molecule has 0 saturated carbocycles. The maximum absolute atomic E-state index is 12.4. The first-order valence-electron chi connectivity index (χ1n) is 9.49. The third kappa shape index (κ3) is 4.95. The van der Waals surface area contributed by atoms with Crippen LogP contribution in [0.1, 0.15) is 21.8 Å². The van der Waals surface area contributed by atoms with Gasteiger partial charge in [0.25, 0.3) is 0 Å². The summed E-state index contributed by atoms with van der Waals surface area (Å²) in [5.41, 5.74) is 3.32. The molecule has 30 heavy (non-hydrogen) atoms. The van der Waals surface area contributed by atoms with Gasteiger partial charge in [0.15, 0.2) is 10.3 Å². The molecule has 0 aliphatic rings. The van der Waals surface area contributed by atoms with Crippen molar-refractivity contribution in [1.82, 2.24) is 19.7 Å². The van der Waals surface area contributed by atoms with Crippen molar-refractivity contribution < 1.29 is 4.79 Å². The Morgan fingerprint density at radius 1 is 1.07 bits per heavy atom. The molecular weight excluding hydrogens is 414 g/mol. The maximum atomic E-state index is 12.4. The van der Waals surface area contributed by atoms with Crippen LogP contribution in [0.25, 0.3) is 5.69 Å². The van der Waals surface area contributed by atoms with E-state index >= 15 is 0 Å². The van der Waals surface area contributed by atoms with Crippen LogP contribution in [0, 0.1) is 13.8 Å². The van der Waals surface area contributed by atoms with Gasteiger partial charge in [-0.2, -0.15) is 0 Å². The average Bonchev–Trinajstić information content (AvgIpc) is 3.33. The van der Waals surface area contributed by atoms with Gasteiger partial charge in [-0.25, -0.2) is 4.98 Å². The van der Waals surface area contributed by atoms with Crippen molar-refractivity contribution in [1.29, 1.82) is 0 Å². The van der Waals surface area contributed by atoms with Gasteiger partial charge in [0, 0.05) is 23.2 Å². The molecule has 2 aromatic carbocycles. The van der Waals surface area contributed by atoms with Crippen molar-refractivity contribution >= 4 is 34.1 Å². The number of hydrogen-bond acceptors (Lipinski definition) is 6. The fourth-order valence-corrected chi connectivity index (χ4v) is 4.39. The van der Waals surface area contributed by atoms with E-state index in [-0.39, 0.29) is 11.7 Å². The first kappa shape index (κ1) is 20.3. The second kappa shape index (κ2) is 9.23. The van der Waals surface area contributed by atoms with Gasteiger partial charge in [0.2, 0.25) is 5.91 Å². The fraction of sp³-hybridized carbons (Fsp3) is 0.182. The number of thioether (sulfide) groups is 1. The zero-order valence-electron chi connectivity index (χ0n) is 16.7. The van der Waals surface area contributed by atoms with Gasteiger partial charge in [0.1, 0.15) is 5.82 Å². The third-order valence-corrected chi connectivity index (χ3v) is 6.15. The van der Waals surface area contributed by atoms with E-state index in [1.165, 1.54) is 28.7 Å². The number of benzene rings is 2. The topological polar surface area (TPSA) is 72.7 Å². The molecule has 6 nitrogen and oxygen atoms in total. The number of aromatic nitrogens is 4. The lowest BCUT2D eigenvalue weighted by Gasteiger charge is -2.11. The molecule has 0 aliphatic heterocycles. The Labute approximate surface area is 183 Å². The zero-order chi connectivity index (χ0) is 20.9. The highest BCUT2D eigenvalue weighted by atomic mass is 32.2. The summed E-state index contributed by atoms with van der Waals surface area (Å²) in [5.74, 6) is 0.953. The molecule has 2 heterocycles. The van der Waals surface area contributed by atoms with Crippen LogP contribution in [-0.2, 0) is 11.2 Å². The quantitative estimate of drug-likeness (QED) is 0.427. The van der Waals surface area contributed by atoms with Gasteiger partial charge < -0.3 is 5.32 Å². The van der Waals surface area contributed by atoms with Crippen molar-refractivity contribution in [2.45, 2.75) is 25.4 Å². The first-order valence-corrected chi connectivity index (χ1v) is 11.3. The molecular formula is C22H21N5OS2. The van der Waals surface area contributed by atoms with E-state index in [2.05, 4.69) is 63.8 Å². The summed E-state index contributed by atoms with van der Waals surface area (Å²) in [6.45, 7) is 4.02. The number of hydrogen-bond donors (Lipinski definition) is 1. The molecule has 0 aliphatic carbocycles. The number of amides is 1. The molecule has 0 unspecified atom stereocenters. The standard InChI is InChI=1S/C22H21N5OS2/c1-15-8-10-18(11-9-15)27-19(12-17-6-4-3-5-7-17)25-26-22(27)29-14-20(28)24-21-23-13-16(2)30-21/h3-11,13H,12,14H2,1-2H3,(H,23,24,28). The molecule has 1 amide bonds. The Hall–Kier alpha value is -2.97. The summed E-state index contributed by atoms with van der Waals surface area (Å²) in [6.07, 6.45) is 2.41. The Morgan fingerprint density at radius 3 is 2.53 bits per heavy atom. The smallest absolute Gasteiger partial charge is 0.236 e. The minimum atomic E-state index is -0.114. The fourth-order valence-electron chi connectivity index (χ4n) is 2.94. The van der Waals surface area contributed by atoms with E-state index in [4.69, 9.17) is 0 Å². The normalized spacial score (nSPS) is 10.9.